The quantitative estimate of drug-likeness (QED) is 0.677. The van der Waals surface area contributed by atoms with E-state index in [4.69, 9.17) is 0 Å². The van der Waals surface area contributed by atoms with E-state index in [1.165, 1.54) is 5.57 Å². The van der Waals surface area contributed by atoms with E-state index in [2.05, 4.69) is 27.7 Å². The Bertz CT molecular complexity index is 263. The lowest BCUT2D eigenvalue weighted by molar-refractivity contribution is -0.125. The highest BCUT2D eigenvalue weighted by molar-refractivity contribution is 5.97. The monoisotopic (exact) mass is 195 g/mol. The van der Waals surface area contributed by atoms with Gasteiger partial charge in [-0.05, 0) is 24.3 Å². The van der Waals surface area contributed by atoms with E-state index in [0.717, 1.165) is 18.7 Å². The summed E-state index contributed by atoms with van der Waals surface area (Å²) in [5.41, 5.74) is 2.40. The van der Waals surface area contributed by atoms with Gasteiger partial charge in [-0.25, -0.2) is 0 Å². The molecule has 0 fully saturated rings. The first-order valence-electron chi connectivity index (χ1n) is 5.51. The van der Waals surface area contributed by atoms with Crippen LogP contribution in [0, 0.1) is 11.8 Å². The van der Waals surface area contributed by atoms with E-state index >= 15 is 0 Å². The second kappa shape index (κ2) is 4.16. The van der Waals surface area contributed by atoms with Gasteiger partial charge in [-0.15, -0.1) is 0 Å². The smallest absolute Gasteiger partial charge is 0.250 e. The minimum Gasteiger partial charge on any atom is -0.335 e. The fourth-order valence-electron chi connectivity index (χ4n) is 2.04. The molecule has 0 unspecified atom stereocenters. The SMILES string of the molecule is CCN1CC(C(C)C)=C(C(C)C)C1=O. The van der Waals surface area contributed by atoms with Crippen molar-refractivity contribution in [1.82, 2.24) is 4.90 Å². The standard InChI is InChI=1S/C12H21NO/c1-6-13-7-10(8(2)3)11(9(4)5)12(13)14/h8-9H,6-7H2,1-5H3. The van der Waals surface area contributed by atoms with Crippen molar-refractivity contribution in [2.45, 2.75) is 34.6 Å². The third kappa shape index (κ3) is 1.84. The fraction of sp³-hybridized carbons (Fsp3) is 0.750. The lowest BCUT2D eigenvalue weighted by Gasteiger charge is -2.14. The van der Waals surface area contributed by atoms with Crippen LogP contribution in [-0.2, 0) is 4.79 Å². The molecule has 2 nitrogen and oxygen atoms in total. The Kier molecular flexibility index (Phi) is 3.35. The maximum Gasteiger partial charge on any atom is 0.250 e. The molecule has 1 aliphatic heterocycles. The zero-order valence-corrected chi connectivity index (χ0v) is 9.92. The van der Waals surface area contributed by atoms with E-state index in [0.29, 0.717) is 11.8 Å². The Morgan fingerprint density at radius 2 is 1.79 bits per heavy atom. The summed E-state index contributed by atoms with van der Waals surface area (Å²) in [4.78, 5) is 13.9. The molecule has 0 atom stereocenters. The summed E-state index contributed by atoms with van der Waals surface area (Å²) in [7, 11) is 0. The van der Waals surface area contributed by atoms with Gasteiger partial charge in [0.15, 0.2) is 0 Å². The molecule has 0 aliphatic carbocycles. The molecule has 0 saturated carbocycles. The van der Waals surface area contributed by atoms with Crippen molar-refractivity contribution in [2.24, 2.45) is 11.8 Å². The molecule has 0 aromatic carbocycles. The number of carbonyl (C=O) groups excluding carboxylic acids is 1. The number of nitrogens with zero attached hydrogens (tertiary/aromatic N) is 1. The molecule has 0 saturated heterocycles. The van der Waals surface area contributed by atoms with Crippen molar-refractivity contribution in [3.8, 4) is 0 Å². The molecule has 0 N–H and O–H groups in total. The molecule has 1 rings (SSSR count). The normalized spacial score (nSPS) is 17.9. The summed E-state index contributed by atoms with van der Waals surface area (Å²) >= 11 is 0. The summed E-state index contributed by atoms with van der Waals surface area (Å²) in [6.45, 7) is 12.3. The summed E-state index contributed by atoms with van der Waals surface area (Å²) in [5, 5.41) is 0. The molecule has 1 amide bonds. The van der Waals surface area contributed by atoms with E-state index in [1.54, 1.807) is 0 Å². The minimum absolute atomic E-state index is 0.256. The first-order chi connectivity index (χ1) is 6.49. The Hall–Kier alpha value is -0.790. The minimum atomic E-state index is 0.256. The van der Waals surface area contributed by atoms with Crippen LogP contribution in [0.1, 0.15) is 34.6 Å². The Morgan fingerprint density at radius 1 is 1.21 bits per heavy atom. The van der Waals surface area contributed by atoms with Crippen LogP contribution >= 0.6 is 0 Å². The van der Waals surface area contributed by atoms with Crippen LogP contribution in [0.4, 0.5) is 0 Å². The van der Waals surface area contributed by atoms with Gasteiger partial charge in [0.05, 0.1) is 0 Å². The molecule has 0 aromatic heterocycles. The molecule has 1 heterocycles. The number of amides is 1. The summed E-state index contributed by atoms with van der Waals surface area (Å²) in [6.07, 6.45) is 0. The predicted octanol–water partition coefficient (Wildman–Crippen LogP) is 2.46. The van der Waals surface area contributed by atoms with Crippen molar-refractivity contribution < 1.29 is 4.79 Å². The highest BCUT2D eigenvalue weighted by atomic mass is 16.2. The Labute approximate surface area is 87.0 Å². The van der Waals surface area contributed by atoms with Gasteiger partial charge >= 0.3 is 0 Å². The van der Waals surface area contributed by atoms with Gasteiger partial charge in [-0.3, -0.25) is 4.79 Å². The number of likely N-dealkylation sites (N-methyl/N-ethyl adjacent to an activating group) is 1. The highest BCUT2D eigenvalue weighted by Crippen LogP contribution is 2.29. The van der Waals surface area contributed by atoms with Crippen molar-refractivity contribution in [3.05, 3.63) is 11.1 Å². The molecule has 1 aliphatic rings. The zero-order valence-electron chi connectivity index (χ0n) is 9.92. The molecule has 80 valence electrons. The van der Waals surface area contributed by atoms with Gasteiger partial charge in [0.2, 0.25) is 5.91 Å². The van der Waals surface area contributed by atoms with Gasteiger partial charge < -0.3 is 4.90 Å². The van der Waals surface area contributed by atoms with Gasteiger partial charge in [-0.2, -0.15) is 0 Å². The van der Waals surface area contributed by atoms with E-state index in [1.807, 2.05) is 11.8 Å². The average molecular weight is 195 g/mol. The van der Waals surface area contributed by atoms with Crippen molar-refractivity contribution >= 4 is 5.91 Å². The Morgan fingerprint density at radius 3 is 2.07 bits per heavy atom. The second-order valence-electron chi connectivity index (χ2n) is 4.57. The topological polar surface area (TPSA) is 20.3 Å². The predicted molar refractivity (Wildman–Crippen MR) is 59.0 cm³/mol. The van der Waals surface area contributed by atoms with Gasteiger partial charge in [0.25, 0.3) is 0 Å². The lowest BCUT2D eigenvalue weighted by atomic mass is 9.93. The van der Waals surface area contributed by atoms with Gasteiger partial charge in [0, 0.05) is 18.7 Å². The number of carbonyl (C=O) groups is 1. The molecule has 0 spiro atoms. The van der Waals surface area contributed by atoms with E-state index < -0.39 is 0 Å². The summed E-state index contributed by atoms with van der Waals surface area (Å²) < 4.78 is 0. The van der Waals surface area contributed by atoms with Crippen LogP contribution in [0.2, 0.25) is 0 Å². The summed E-state index contributed by atoms with van der Waals surface area (Å²) in [6, 6.07) is 0. The van der Waals surface area contributed by atoms with Gasteiger partial charge in [-0.1, -0.05) is 27.7 Å². The molecule has 0 aromatic rings. The molecule has 0 radical (unpaired) electrons. The number of hydrogen-bond acceptors (Lipinski definition) is 1. The fourth-order valence-corrected chi connectivity index (χ4v) is 2.04. The van der Waals surface area contributed by atoms with Crippen LogP contribution in [0.25, 0.3) is 0 Å². The van der Waals surface area contributed by atoms with Crippen LogP contribution in [0.5, 0.6) is 0 Å². The second-order valence-corrected chi connectivity index (χ2v) is 4.57. The lowest BCUT2D eigenvalue weighted by Crippen LogP contribution is -2.27. The van der Waals surface area contributed by atoms with Crippen molar-refractivity contribution in [1.29, 1.82) is 0 Å². The van der Waals surface area contributed by atoms with Crippen LogP contribution in [0.15, 0.2) is 11.1 Å². The van der Waals surface area contributed by atoms with E-state index in [9.17, 15) is 4.79 Å². The highest BCUT2D eigenvalue weighted by Gasteiger charge is 2.31. The third-order valence-electron chi connectivity index (χ3n) is 2.88. The number of hydrogen-bond donors (Lipinski definition) is 0. The van der Waals surface area contributed by atoms with E-state index in [-0.39, 0.29) is 5.91 Å². The third-order valence-corrected chi connectivity index (χ3v) is 2.88. The average Bonchev–Trinajstić information content (AvgIpc) is 2.42. The zero-order chi connectivity index (χ0) is 10.9. The Balaban J connectivity index is 3.00. The summed E-state index contributed by atoms with van der Waals surface area (Å²) in [5.74, 6) is 1.11. The first-order valence-corrected chi connectivity index (χ1v) is 5.51. The largest absolute Gasteiger partial charge is 0.335 e. The molecular weight excluding hydrogens is 174 g/mol. The van der Waals surface area contributed by atoms with Crippen LogP contribution in [0.3, 0.4) is 0 Å². The molecule has 2 heteroatoms. The van der Waals surface area contributed by atoms with Crippen molar-refractivity contribution in [3.63, 3.8) is 0 Å². The first kappa shape index (κ1) is 11.3. The van der Waals surface area contributed by atoms with Gasteiger partial charge in [0.1, 0.15) is 0 Å². The maximum absolute atomic E-state index is 12.0. The molecule has 0 bridgehead atoms. The molecule has 14 heavy (non-hydrogen) atoms. The molecular formula is C12H21NO. The van der Waals surface area contributed by atoms with Crippen LogP contribution in [-0.4, -0.2) is 23.9 Å². The maximum atomic E-state index is 12.0. The van der Waals surface area contributed by atoms with Crippen molar-refractivity contribution in [2.75, 3.05) is 13.1 Å². The number of rotatable bonds is 3. The van der Waals surface area contributed by atoms with Crippen LogP contribution < -0.4 is 0 Å².